The molecule has 0 spiro atoms. The molecule has 28 heavy (non-hydrogen) atoms. The predicted molar refractivity (Wildman–Crippen MR) is 107 cm³/mol. The largest absolute Gasteiger partial charge is 0.497 e. The van der Waals surface area contributed by atoms with Gasteiger partial charge in [0.15, 0.2) is 0 Å². The average molecular weight is 407 g/mol. The minimum atomic E-state index is -3.61. The molecule has 2 rings (SSSR count). The van der Waals surface area contributed by atoms with Crippen LogP contribution >= 0.6 is 0 Å². The second-order valence-corrected chi connectivity index (χ2v) is 7.96. The molecule has 2 N–H and O–H groups in total. The maximum atomic E-state index is 12.2. The Morgan fingerprint density at radius 1 is 0.964 bits per heavy atom. The summed E-state index contributed by atoms with van der Waals surface area (Å²) in [7, 11) is -2.10. The van der Waals surface area contributed by atoms with E-state index in [1.165, 1.54) is 19.2 Å². The zero-order chi connectivity index (χ0) is 20.4. The van der Waals surface area contributed by atoms with E-state index >= 15 is 0 Å². The van der Waals surface area contributed by atoms with Crippen LogP contribution in [0.4, 0.5) is 0 Å². The van der Waals surface area contributed by atoms with Crippen molar-refractivity contribution in [1.82, 2.24) is 10.0 Å². The van der Waals surface area contributed by atoms with Crippen molar-refractivity contribution in [2.24, 2.45) is 0 Å². The summed E-state index contributed by atoms with van der Waals surface area (Å²) in [5.41, 5.74) is 1.16. The van der Waals surface area contributed by atoms with E-state index in [4.69, 9.17) is 9.47 Å². The fourth-order valence-corrected chi connectivity index (χ4v) is 3.40. The minimum absolute atomic E-state index is 0.111. The van der Waals surface area contributed by atoms with Gasteiger partial charge in [-0.15, -0.1) is 0 Å². The average Bonchev–Trinajstić information content (AvgIpc) is 2.70. The number of carbonyl (C=O) groups excluding carboxylic acids is 1. The van der Waals surface area contributed by atoms with Crippen LogP contribution in [0.2, 0.25) is 0 Å². The number of ether oxygens (including phenoxy) is 2. The Hall–Kier alpha value is -2.58. The summed E-state index contributed by atoms with van der Waals surface area (Å²) in [6.45, 7) is 2.78. The van der Waals surface area contributed by atoms with Gasteiger partial charge in [0.25, 0.3) is 0 Å². The van der Waals surface area contributed by atoms with Crippen LogP contribution in [-0.2, 0) is 14.8 Å². The van der Waals surface area contributed by atoms with Crippen molar-refractivity contribution in [2.45, 2.75) is 24.7 Å². The molecule has 0 atom stereocenters. The molecule has 0 unspecified atom stereocenters. The van der Waals surface area contributed by atoms with E-state index in [1.807, 2.05) is 31.2 Å². The fraction of sp³-hybridized carbons (Fsp3) is 0.350. The summed E-state index contributed by atoms with van der Waals surface area (Å²) in [4.78, 5) is 12.0. The SMILES string of the molecule is COc1ccc(S(=O)(=O)NCCNC(=O)CCCOc2ccc(C)cc2)cc1. The summed E-state index contributed by atoms with van der Waals surface area (Å²) in [6, 6.07) is 13.8. The first-order valence-corrected chi connectivity index (χ1v) is 10.5. The number of hydrogen-bond donors (Lipinski definition) is 2. The number of rotatable bonds is 11. The number of benzene rings is 2. The van der Waals surface area contributed by atoms with Gasteiger partial charge in [-0.1, -0.05) is 17.7 Å². The molecule has 7 nitrogen and oxygen atoms in total. The van der Waals surface area contributed by atoms with Crippen LogP contribution in [0, 0.1) is 6.92 Å². The maximum absolute atomic E-state index is 12.2. The quantitative estimate of drug-likeness (QED) is 0.558. The van der Waals surface area contributed by atoms with E-state index in [0.29, 0.717) is 25.2 Å². The van der Waals surface area contributed by atoms with Crippen LogP contribution in [0.1, 0.15) is 18.4 Å². The molecule has 8 heteroatoms. The molecule has 2 aromatic carbocycles. The van der Waals surface area contributed by atoms with Crippen LogP contribution in [-0.4, -0.2) is 41.1 Å². The predicted octanol–water partition coefficient (Wildman–Crippen LogP) is 2.26. The van der Waals surface area contributed by atoms with Gasteiger partial charge in [0.05, 0.1) is 18.6 Å². The molecule has 0 aromatic heterocycles. The van der Waals surface area contributed by atoms with Gasteiger partial charge in [-0.2, -0.15) is 0 Å². The van der Waals surface area contributed by atoms with Crippen LogP contribution in [0.5, 0.6) is 11.5 Å². The van der Waals surface area contributed by atoms with Crippen LogP contribution in [0.15, 0.2) is 53.4 Å². The molecule has 0 aliphatic heterocycles. The second-order valence-electron chi connectivity index (χ2n) is 6.19. The van der Waals surface area contributed by atoms with Crippen molar-refractivity contribution in [1.29, 1.82) is 0 Å². The lowest BCUT2D eigenvalue weighted by atomic mass is 10.2. The molecule has 0 aliphatic carbocycles. The summed E-state index contributed by atoms with van der Waals surface area (Å²) < 4.78 is 37.3. The van der Waals surface area contributed by atoms with Gasteiger partial charge in [-0.3, -0.25) is 4.79 Å². The van der Waals surface area contributed by atoms with Gasteiger partial charge in [-0.05, 0) is 49.7 Å². The highest BCUT2D eigenvalue weighted by Crippen LogP contribution is 2.15. The van der Waals surface area contributed by atoms with E-state index in [9.17, 15) is 13.2 Å². The van der Waals surface area contributed by atoms with E-state index < -0.39 is 10.0 Å². The minimum Gasteiger partial charge on any atom is -0.497 e. The topological polar surface area (TPSA) is 93.7 Å². The molecule has 2 aromatic rings. The van der Waals surface area contributed by atoms with Crippen molar-refractivity contribution >= 4 is 15.9 Å². The van der Waals surface area contributed by atoms with Gasteiger partial charge in [0.2, 0.25) is 15.9 Å². The van der Waals surface area contributed by atoms with Gasteiger partial charge in [-0.25, -0.2) is 13.1 Å². The molecule has 0 fully saturated rings. The lowest BCUT2D eigenvalue weighted by Gasteiger charge is -2.09. The third-order valence-electron chi connectivity index (χ3n) is 3.95. The van der Waals surface area contributed by atoms with Gasteiger partial charge in [0.1, 0.15) is 11.5 Å². The number of aryl methyl sites for hydroxylation is 1. The normalized spacial score (nSPS) is 11.1. The van der Waals surface area contributed by atoms with Crippen molar-refractivity contribution < 1.29 is 22.7 Å². The van der Waals surface area contributed by atoms with Gasteiger partial charge >= 0.3 is 0 Å². The van der Waals surface area contributed by atoms with E-state index in [-0.39, 0.29) is 23.9 Å². The van der Waals surface area contributed by atoms with E-state index in [1.54, 1.807) is 12.1 Å². The molecule has 0 radical (unpaired) electrons. The third kappa shape index (κ3) is 7.21. The number of amides is 1. The first-order valence-electron chi connectivity index (χ1n) is 9.00. The third-order valence-corrected chi connectivity index (χ3v) is 5.42. The van der Waals surface area contributed by atoms with Crippen LogP contribution in [0.3, 0.4) is 0 Å². The highest BCUT2D eigenvalue weighted by molar-refractivity contribution is 7.89. The van der Waals surface area contributed by atoms with Crippen molar-refractivity contribution in [2.75, 3.05) is 26.8 Å². The van der Waals surface area contributed by atoms with Crippen molar-refractivity contribution in [3.8, 4) is 11.5 Å². The zero-order valence-electron chi connectivity index (χ0n) is 16.1. The molecule has 0 heterocycles. The number of hydrogen-bond acceptors (Lipinski definition) is 5. The Morgan fingerprint density at radius 3 is 2.25 bits per heavy atom. The Kier molecular flexibility index (Phi) is 8.28. The summed E-state index contributed by atoms with van der Waals surface area (Å²) in [5, 5.41) is 2.69. The lowest BCUT2D eigenvalue weighted by Crippen LogP contribution is -2.34. The maximum Gasteiger partial charge on any atom is 0.240 e. The molecule has 0 bridgehead atoms. The van der Waals surface area contributed by atoms with Crippen molar-refractivity contribution in [3.05, 3.63) is 54.1 Å². The fourth-order valence-electron chi connectivity index (χ4n) is 2.37. The molecule has 1 amide bonds. The number of nitrogens with one attached hydrogen (secondary N) is 2. The Morgan fingerprint density at radius 2 is 1.61 bits per heavy atom. The zero-order valence-corrected chi connectivity index (χ0v) is 16.9. The summed E-state index contributed by atoms with van der Waals surface area (Å²) in [6.07, 6.45) is 0.897. The van der Waals surface area contributed by atoms with Gasteiger partial charge in [0, 0.05) is 19.5 Å². The monoisotopic (exact) mass is 406 g/mol. The highest BCUT2D eigenvalue weighted by atomic mass is 32.2. The smallest absolute Gasteiger partial charge is 0.240 e. The number of methoxy groups -OCH3 is 1. The molecule has 0 saturated heterocycles. The molecule has 152 valence electrons. The second kappa shape index (κ2) is 10.7. The van der Waals surface area contributed by atoms with Gasteiger partial charge < -0.3 is 14.8 Å². The highest BCUT2D eigenvalue weighted by Gasteiger charge is 2.13. The number of carbonyl (C=O) groups is 1. The first-order chi connectivity index (χ1) is 13.4. The first kappa shape index (κ1) is 21.7. The Labute approximate surface area is 166 Å². The summed E-state index contributed by atoms with van der Waals surface area (Å²) in [5.74, 6) is 1.22. The number of sulfonamides is 1. The van der Waals surface area contributed by atoms with Crippen LogP contribution in [0.25, 0.3) is 0 Å². The molecular formula is C20H26N2O5S. The van der Waals surface area contributed by atoms with E-state index in [0.717, 1.165) is 11.3 Å². The molecule has 0 aliphatic rings. The Balaban J connectivity index is 1.61. The summed E-state index contributed by atoms with van der Waals surface area (Å²) >= 11 is 0. The Bertz CT molecular complexity index is 849. The lowest BCUT2D eigenvalue weighted by molar-refractivity contribution is -0.121. The van der Waals surface area contributed by atoms with Crippen molar-refractivity contribution in [3.63, 3.8) is 0 Å². The molecular weight excluding hydrogens is 380 g/mol. The van der Waals surface area contributed by atoms with Crippen LogP contribution < -0.4 is 19.5 Å². The molecule has 0 saturated carbocycles. The standard InChI is InChI=1S/C20H26N2O5S/c1-16-5-7-18(8-6-16)27-15-3-4-20(23)21-13-14-22-28(24,25)19-11-9-17(26-2)10-12-19/h5-12,22H,3-4,13-15H2,1-2H3,(H,21,23). The van der Waals surface area contributed by atoms with E-state index in [2.05, 4.69) is 10.0 Å².